The molecule has 0 bridgehead atoms. The Bertz CT molecular complexity index is 137. The van der Waals surface area contributed by atoms with Gasteiger partial charge in [-0.1, -0.05) is 56.2 Å². The predicted octanol–water partition coefficient (Wildman–Crippen LogP) is 4.56. The lowest BCUT2D eigenvalue weighted by Gasteiger charge is -2.48. The summed E-state index contributed by atoms with van der Waals surface area (Å²) in [5, 5.41) is 0. The van der Waals surface area contributed by atoms with Gasteiger partial charge in [0.05, 0.1) is 0 Å². The Kier molecular flexibility index (Phi) is 3.47. The van der Waals surface area contributed by atoms with Gasteiger partial charge in [0, 0.05) is 3.42 Å². The second-order valence-electron chi connectivity index (χ2n) is 4.44. The van der Waals surface area contributed by atoms with E-state index in [9.17, 15) is 0 Å². The fourth-order valence-corrected chi connectivity index (χ4v) is 3.58. The average molecular weight is 280 g/mol. The first kappa shape index (κ1) is 10.8. The van der Waals surface area contributed by atoms with Gasteiger partial charge in [-0.05, 0) is 31.1 Å². The Morgan fingerprint density at radius 3 is 2.08 bits per heavy atom. The van der Waals surface area contributed by atoms with Gasteiger partial charge in [0.25, 0.3) is 0 Å². The smallest absolute Gasteiger partial charge is 0.0273 e. The van der Waals surface area contributed by atoms with Crippen LogP contribution in [0.1, 0.15) is 59.3 Å². The van der Waals surface area contributed by atoms with Crippen LogP contribution in [-0.4, -0.2) is 3.42 Å². The van der Waals surface area contributed by atoms with Crippen molar-refractivity contribution in [1.82, 2.24) is 0 Å². The molecule has 0 radical (unpaired) electrons. The lowest BCUT2D eigenvalue weighted by molar-refractivity contribution is 0.150. The summed E-state index contributed by atoms with van der Waals surface area (Å²) >= 11 is 2.73. The van der Waals surface area contributed by atoms with Gasteiger partial charge in [0.1, 0.15) is 0 Å². The first-order valence-corrected chi connectivity index (χ1v) is 6.35. The van der Waals surface area contributed by atoms with Crippen LogP contribution in [0.3, 0.4) is 0 Å². The second kappa shape index (κ2) is 3.85. The highest BCUT2D eigenvalue weighted by Gasteiger charge is 2.44. The van der Waals surface area contributed by atoms with Gasteiger partial charge < -0.3 is 0 Å². The molecule has 0 amide bonds. The van der Waals surface area contributed by atoms with Crippen LogP contribution in [0.5, 0.6) is 0 Å². The van der Waals surface area contributed by atoms with Crippen LogP contribution < -0.4 is 0 Å². The Balaban J connectivity index is 2.79. The molecule has 1 aliphatic rings. The summed E-state index contributed by atoms with van der Waals surface area (Å²) in [5.41, 5.74) is 0.612. The fourth-order valence-electron chi connectivity index (χ4n) is 2.54. The highest BCUT2D eigenvalue weighted by molar-refractivity contribution is 14.1. The third kappa shape index (κ3) is 1.66. The van der Waals surface area contributed by atoms with Crippen molar-refractivity contribution in [2.24, 2.45) is 5.41 Å². The summed E-state index contributed by atoms with van der Waals surface area (Å²) in [7, 11) is 0. The van der Waals surface area contributed by atoms with E-state index in [-0.39, 0.29) is 0 Å². The van der Waals surface area contributed by atoms with Crippen molar-refractivity contribution in [1.29, 1.82) is 0 Å². The predicted molar refractivity (Wildman–Crippen MR) is 63.9 cm³/mol. The molecule has 0 saturated heterocycles. The average Bonchev–Trinajstić information content (AvgIpc) is 2.10. The number of rotatable bonds is 2. The van der Waals surface area contributed by atoms with E-state index < -0.39 is 0 Å². The molecule has 2 atom stereocenters. The number of alkyl halides is 1. The highest BCUT2D eigenvalue weighted by Crippen LogP contribution is 2.53. The molecule has 0 aromatic carbocycles. The number of hydrogen-bond donors (Lipinski definition) is 0. The molecule has 1 fully saturated rings. The van der Waals surface area contributed by atoms with Crippen LogP contribution in [0.2, 0.25) is 0 Å². The molecule has 0 spiro atoms. The maximum Gasteiger partial charge on any atom is 0.0273 e. The van der Waals surface area contributed by atoms with E-state index in [1.54, 1.807) is 0 Å². The standard InChI is InChI=1S/C11H21I/c1-4-10(3)8-6-7-9-11(10,12)5-2/h4-9H2,1-3H3. The first-order valence-electron chi connectivity index (χ1n) is 5.27. The fraction of sp³-hybridized carbons (Fsp3) is 1.00. The first-order chi connectivity index (χ1) is 5.58. The molecule has 0 N–H and O–H groups in total. The molecule has 1 rings (SSSR count). The maximum absolute atomic E-state index is 2.73. The Labute approximate surface area is 90.6 Å². The molecule has 2 unspecified atom stereocenters. The van der Waals surface area contributed by atoms with E-state index in [0.29, 0.717) is 8.84 Å². The Hall–Kier alpha value is 0.730. The minimum absolute atomic E-state index is 0.595. The highest BCUT2D eigenvalue weighted by atomic mass is 127. The largest absolute Gasteiger partial charge is 0.0783 e. The van der Waals surface area contributed by atoms with Crippen LogP contribution in [0.4, 0.5) is 0 Å². The third-order valence-electron chi connectivity index (χ3n) is 3.97. The molecule has 72 valence electrons. The van der Waals surface area contributed by atoms with Crippen LogP contribution in [0.25, 0.3) is 0 Å². The molecular formula is C11H21I. The topological polar surface area (TPSA) is 0 Å². The molecule has 0 nitrogen and oxygen atoms in total. The van der Waals surface area contributed by atoms with Gasteiger partial charge in [-0.2, -0.15) is 0 Å². The van der Waals surface area contributed by atoms with E-state index in [4.69, 9.17) is 0 Å². The minimum atomic E-state index is 0.595. The van der Waals surface area contributed by atoms with Crippen molar-refractivity contribution >= 4 is 22.6 Å². The Morgan fingerprint density at radius 1 is 1.08 bits per heavy atom. The lowest BCUT2D eigenvalue weighted by Crippen LogP contribution is -2.42. The van der Waals surface area contributed by atoms with Gasteiger partial charge in [-0.15, -0.1) is 0 Å². The van der Waals surface area contributed by atoms with Crippen molar-refractivity contribution in [3.63, 3.8) is 0 Å². The van der Waals surface area contributed by atoms with Crippen molar-refractivity contribution in [3.8, 4) is 0 Å². The molecule has 1 heteroatoms. The zero-order chi connectivity index (χ0) is 9.24. The summed E-state index contributed by atoms with van der Waals surface area (Å²) in [5.74, 6) is 0. The third-order valence-corrected chi connectivity index (χ3v) is 6.58. The van der Waals surface area contributed by atoms with Gasteiger partial charge in [0.2, 0.25) is 0 Å². The van der Waals surface area contributed by atoms with Crippen LogP contribution in [0.15, 0.2) is 0 Å². The number of hydrogen-bond acceptors (Lipinski definition) is 0. The molecule has 0 aromatic heterocycles. The molecule has 0 aromatic rings. The van der Waals surface area contributed by atoms with Gasteiger partial charge >= 0.3 is 0 Å². The molecular weight excluding hydrogens is 259 g/mol. The van der Waals surface area contributed by atoms with Crippen molar-refractivity contribution in [3.05, 3.63) is 0 Å². The SMILES string of the molecule is CCC1(C)CCCCC1(I)CC. The van der Waals surface area contributed by atoms with Crippen LogP contribution in [-0.2, 0) is 0 Å². The van der Waals surface area contributed by atoms with Crippen molar-refractivity contribution < 1.29 is 0 Å². The van der Waals surface area contributed by atoms with Gasteiger partial charge in [0.15, 0.2) is 0 Å². The normalized spacial score (nSPS) is 43.0. The minimum Gasteiger partial charge on any atom is -0.0783 e. The zero-order valence-corrected chi connectivity index (χ0v) is 10.8. The van der Waals surface area contributed by atoms with E-state index >= 15 is 0 Å². The summed E-state index contributed by atoms with van der Waals surface area (Å²) in [6.45, 7) is 7.20. The Morgan fingerprint density at radius 2 is 1.67 bits per heavy atom. The summed E-state index contributed by atoms with van der Waals surface area (Å²) < 4.78 is 0.595. The maximum atomic E-state index is 2.73. The molecule has 12 heavy (non-hydrogen) atoms. The molecule has 1 saturated carbocycles. The summed E-state index contributed by atoms with van der Waals surface area (Å²) in [4.78, 5) is 0. The van der Waals surface area contributed by atoms with E-state index in [0.717, 1.165) is 0 Å². The van der Waals surface area contributed by atoms with Crippen LogP contribution in [0, 0.1) is 5.41 Å². The molecule has 1 aliphatic carbocycles. The number of halogens is 1. The molecule has 0 aliphatic heterocycles. The van der Waals surface area contributed by atoms with Gasteiger partial charge in [-0.25, -0.2) is 0 Å². The zero-order valence-electron chi connectivity index (χ0n) is 8.62. The second-order valence-corrected chi connectivity index (χ2v) is 6.51. The molecule has 0 heterocycles. The van der Waals surface area contributed by atoms with E-state index in [2.05, 4.69) is 43.4 Å². The monoisotopic (exact) mass is 280 g/mol. The van der Waals surface area contributed by atoms with E-state index in [1.165, 1.54) is 38.5 Å². The van der Waals surface area contributed by atoms with E-state index in [1.807, 2.05) is 0 Å². The quantitative estimate of drug-likeness (QED) is 0.514. The summed E-state index contributed by atoms with van der Waals surface area (Å²) in [6.07, 6.45) is 8.48. The van der Waals surface area contributed by atoms with Crippen LogP contribution >= 0.6 is 22.6 Å². The summed E-state index contributed by atoms with van der Waals surface area (Å²) in [6, 6.07) is 0. The van der Waals surface area contributed by atoms with Crippen molar-refractivity contribution in [2.45, 2.75) is 62.7 Å². The van der Waals surface area contributed by atoms with Crippen molar-refractivity contribution in [2.75, 3.05) is 0 Å². The van der Waals surface area contributed by atoms with Gasteiger partial charge in [-0.3, -0.25) is 0 Å². The lowest BCUT2D eigenvalue weighted by atomic mass is 9.65.